The fraction of sp³-hybridized carbons (Fsp3) is 0.579. The van der Waals surface area contributed by atoms with Crippen molar-refractivity contribution in [3.8, 4) is 5.75 Å². The van der Waals surface area contributed by atoms with Gasteiger partial charge in [-0.2, -0.15) is 0 Å². The van der Waals surface area contributed by atoms with Crippen LogP contribution in [0, 0.1) is 6.92 Å². The first kappa shape index (κ1) is 16.8. The average Bonchev–Trinajstić information content (AvgIpc) is 2.57. The van der Waals surface area contributed by atoms with Crippen molar-refractivity contribution in [2.45, 2.75) is 64.5 Å². The molecule has 24 heavy (non-hydrogen) atoms. The van der Waals surface area contributed by atoms with E-state index in [1.165, 1.54) is 19.3 Å². The monoisotopic (exact) mass is 330 g/mol. The molecule has 1 aromatic rings. The molecule has 3 rings (SSSR count). The minimum Gasteiger partial charge on any atom is -0.479 e. The van der Waals surface area contributed by atoms with Gasteiger partial charge < -0.3 is 15.0 Å². The Hall–Kier alpha value is -2.04. The van der Waals surface area contributed by atoms with Crippen LogP contribution in [0.25, 0.3) is 0 Å². The molecule has 5 heteroatoms. The third kappa shape index (κ3) is 3.71. The second-order valence-electron chi connectivity index (χ2n) is 6.87. The van der Waals surface area contributed by atoms with Gasteiger partial charge in [0.1, 0.15) is 5.75 Å². The van der Waals surface area contributed by atoms with Gasteiger partial charge in [0.15, 0.2) is 6.10 Å². The van der Waals surface area contributed by atoms with Crippen molar-refractivity contribution in [3.63, 3.8) is 0 Å². The van der Waals surface area contributed by atoms with Crippen LogP contribution in [0.3, 0.4) is 0 Å². The SMILES string of the molecule is Cc1ccc2c(c1)N(CCC(=O)NC1CCCCC1)C(=O)[C@@H](C)O2. The van der Waals surface area contributed by atoms with E-state index >= 15 is 0 Å². The molecule has 1 aromatic carbocycles. The minimum absolute atomic E-state index is 0.0306. The topological polar surface area (TPSA) is 58.6 Å². The van der Waals surface area contributed by atoms with E-state index in [1.54, 1.807) is 11.8 Å². The fourth-order valence-electron chi connectivity index (χ4n) is 3.51. The Morgan fingerprint density at radius 2 is 2.04 bits per heavy atom. The van der Waals surface area contributed by atoms with Crippen molar-refractivity contribution >= 4 is 17.5 Å². The lowest BCUT2D eigenvalue weighted by Gasteiger charge is -2.33. The molecule has 1 atom stereocenters. The van der Waals surface area contributed by atoms with Crippen LogP contribution in [0.15, 0.2) is 18.2 Å². The number of carbonyl (C=O) groups is 2. The molecule has 5 nitrogen and oxygen atoms in total. The number of ether oxygens (including phenoxy) is 1. The van der Waals surface area contributed by atoms with Crippen LogP contribution >= 0.6 is 0 Å². The van der Waals surface area contributed by atoms with E-state index < -0.39 is 6.10 Å². The summed E-state index contributed by atoms with van der Waals surface area (Å²) in [6.07, 6.45) is 5.60. The van der Waals surface area contributed by atoms with Crippen LogP contribution in [-0.4, -0.2) is 30.5 Å². The summed E-state index contributed by atoms with van der Waals surface area (Å²) >= 11 is 0. The maximum absolute atomic E-state index is 12.5. The van der Waals surface area contributed by atoms with Gasteiger partial charge >= 0.3 is 0 Å². The molecule has 1 N–H and O–H groups in total. The van der Waals surface area contributed by atoms with Gasteiger partial charge in [0.25, 0.3) is 5.91 Å². The molecular formula is C19H26N2O3. The molecule has 1 aliphatic carbocycles. The van der Waals surface area contributed by atoms with Crippen LogP contribution in [0.1, 0.15) is 51.0 Å². The normalized spacial score (nSPS) is 21.2. The van der Waals surface area contributed by atoms with E-state index in [4.69, 9.17) is 4.74 Å². The van der Waals surface area contributed by atoms with E-state index in [0.29, 0.717) is 24.8 Å². The number of aryl methyl sites for hydroxylation is 1. The van der Waals surface area contributed by atoms with Crippen molar-refractivity contribution in [1.82, 2.24) is 5.32 Å². The summed E-state index contributed by atoms with van der Waals surface area (Å²) in [4.78, 5) is 26.4. The summed E-state index contributed by atoms with van der Waals surface area (Å²) in [7, 11) is 0. The van der Waals surface area contributed by atoms with Gasteiger partial charge in [-0.1, -0.05) is 25.3 Å². The Bertz CT molecular complexity index is 623. The number of nitrogens with zero attached hydrogens (tertiary/aromatic N) is 1. The lowest BCUT2D eigenvalue weighted by Crippen LogP contribution is -2.46. The Morgan fingerprint density at radius 3 is 2.79 bits per heavy atom. The van der Waals surface area contributed by atoms with Gasteiger partial charge in [0.05, 0.1) is 5.69 Å². The van der Waals surface area contributed by atoms with E-state index in [0.717, 1.165) is 24.1 Å². The quantitative estimate of drug-likeness (QED) is 0.923. The summed E-state index contributed by atoms with van der Waals surface area (Å²) in [6.45, 7) is 4.12. The Kier molecular flexibility index (Phi) is 5.07. The van der Waals surface area contributed by atoms with Crippen LogP contribution in [0.5, 0.6) is 5.75 Å². The molecule has 1 saturated carbocycles. The largest absolute Gasteiger partial charge is 0.479 e. The van der Waals surface area contributed by atoms with Crippen LogP contribution in [0.4, 0.5) is 5.69 Å². The first-order valence-electron chi connectivity index (χ1n) is 8.92. The van der Waals surface area contributed by atoms with Crippen LogP contribution < -0.4 is 15.0 Å². The highest BCUT2D eigenvalue weighted by molar-refractivity contribution is 6.00. The number of rotatable bonds is 4. The minimum atomic E-state index is -0.512. The summed E-state index contributed by atoms with van der Waals surface area (Å²) in [6, 6.07) is 6.11. The molecule has 1 aliphatic heterocycles. The van der Waals surface area contributed by atoms with E-state index in [-0.39, 0.29) is 11.8 Å². The predicted molar refractivity (Wildman–Crippen MR) is 93.3 cm³/mol. The number of benzene rings is 1. The van der Waals surface area contributed by atoms with E-state index in [9.17, 15) is 9.59 Å². The summed E-state index contributed by atoms with van der Waals surface area (Å²) in [5, 5.41) is 3.11. The molecule has 0 aromatic heterocycles. The number of nitrogens with one attached hydrogen (secondary N) is 1. The second-order valence-corrected chi connectivity index (χ2v) is 6.87. The molecule has 0 radical (unpaired) electrons. The maximum Gasteiger partial charge on any atom is 0.267 e. The molecule has 0 saturated heterocycles. The summed E-state index contributed by atoms with van der Waals surface area (Å²) in [5.41, 5.74) is 1.83. The third-order valence-corrected chi connectivity index (χ3v) is 4.86. The summed E-state index contributed by atoms with van der Waals surface area (Å²) in [5.74, 6) is 0.655. The molecule has 0 unspecified atom stereocenters. The molecule has 130 valence electrons. The zero-order valence-corrected chi connectivity index (χ0v) is 14.5. The standard InChI is InChI=1S/C19H26N2O3/c1-13-8-9-17-16(12-13)21(19(23)14(2)24-17)11-10-18(22)20-15-6-4-3-5-7-15/h8-9,12,14-15H,3-7,10-11H2,1-2H3,(H,20,22)/t14-/m1/s1. The molecule has 1 fully saturated rings. The number of amides is 2. The molecule has 1 heterocycles. The summed E-state index contributed by atoms with van der Waals surface area (Å²) < 4.78 is 5.67. The lowest BCUT2D eigenvalue weighted by molar-refractivity contribution is -0.125. The van der Waals surface area contributed by atoms with Crippen LogP contribution in [0.2, 0.25) is 0 Å². The van der Waals surface area contributed by atoms with Gasteiger partial charge in [0, 0.05) is 19.0 Å². The molecular weight excluding hydrogens is 304 g/mol. The van der Waals surface area contributed by atoms with Gasteiger partial charge in [-0.3, -0.25) is 9.59 Å². The van der Waals surface area contributed by atoms with Crippen molar-refractivity contribution in [3.05, 3.63) is 23.8 Å². The van der Waals surface area contributed by atoms with Crippen molar-refractivity contribution in [1.29, 1.82) is 0 Å². The zero-order chi connectivity index (χ0) is 17.1. The zero-order valence-electron chi connectivity index (χ0n) is 14.5. The van der Waals surface area contributed by atoms with Crippen molar-refractivity contribution < 1.29 is 14.3 Å². The molecule has 0 bridgehead atoms. The van der Waals surface area contributed by atoms with Gasteiger partial charge in [0.2, 0.25) is 5.91 Å². The maximum atomic E-state index is 12.5. The van der Waals surface area contributed by atoms with Crippen molar-refractivity contribution in [2.75, 3.05) is 11.4 Å². The van der Waals surface area contributed by atoms with E-state index in [2.05, 4.69) is 5.32 Å². The number of carbonyl (C=O) groups excluding carboxylic acids is 2. The van der Waals surface area contributed by atoms with Crippen LogP contribution in [-0.2, 0) is 9.59 Å². The van der Waals surface area contributed by atoms with Gasteiger partial charge in [-0.05, 0) is 44.4 Å². The highest BCUT2D eigenvalue weighted by atomic mass is 16.5. The first-order valence-corrected chi connectivity index (χ1v) is 8.92. The number of hydrogen-bond donors (Lipinski definition) is 1. The third-order valence-electron chi connectivity index (χ3n) is 4.86. The van der Waals surface area contributed by atoms with Gasteiger partial charge in [-0.25, -0.2) is 0 Å². The Labute approximate surface area is 143 Å². The van der Waals surface area contributed by atoms with Gasteiger partial charge in [-0.15, -0.1) is 0 Å². The number of anilines is 1. The highest BCUT2D eigenvalue weighted by Crippen LogP contribution is 2.34. The predicted octanol–water partition coefficient (Wildman–Crippen LogP) is 2.95. The smallest absolute Gasteiger partial charge is 0.267 e. The number of hydrogen-bond acceptors (Lipinski definition) is 3. The first-order chi connectivity index (χ1) is 11.5. The number of fused-ring (bicyclic) bond motifs is 1. The molecule has 0 spiro atoms. The highest BCUT2D eigenvalue weighted by Gasteiger charge is 2.31. The Morgan fingerprint density at radius 1 is 1.29 bits per heavy atom. The fourth-order valence-corrected chi connectivity index (χ4v) is 3.51. The molecule has 2 amide bonds. The second kappa shape index (κ2) is 7.24. The Balaban J connectivity index is 1.64. The molecule has 2 aliphatic rings. The lowest BCUT2D eigenvalue weighted by atomic mass is 9.95. The van der Waals surface area contributed by atoms with E-state index in [1.807, 2.05) is 25.1 Å². The average molecular weight is 330 g/mol. The van der Waals surface area contributed by atoms with Crippen molar-refractivity contribution in [2.24, 2.45) is 0 Å².